The van der Waals surface area contributed by atoms with E-state index in [0.29, 0.717) is 5.56 Å². The number of ether oxygens (including phenoxy) is 1. The van der Waals surface area contributed by atoms with E-state index in [9.17, 15) is 14.7 Å². The van der Waals surface area contributed by atoms with Crippen molar-refractivity contribution in [2.24, 2.45) is 0 Å². The Morgan fingerprint density at radius 2 is 1.89 bits per heavy atom. The number of esters is 1. The van der Waals surface area contributed by atoms with Gasteiger partial charge in [0.25, 0.3) is 0 Å². The number of likely N-dealkylation sites (tertiary alicyclic amines) is 1. The molecule has 0 saturated carbocycles. The van der Waals surface area contributed by atoms with Crippen LogP contribution in [-0.4, -0.2) is 52.5 Å². The second-order valence-electron chi connectivity index (χ2n) is 4.47. The molecule has 102 valence electrons. The monoisotopic (exact) mass is 265 g/mol. The van der Waals surface area contributed by atoms with Crippen LogP contribution < -0.4 is 0 Å². The molecule has 2 atom stereocenters. The van der Waals surface area contributed by atoms with Crippen molar-refractivity contribution in [2.45, 2.75) is 18.6 Å². The maximum Gasteiger partial charge on any atom is 0.407 e. The van der Waals surface area contributed by atoms with Crippen LogP contribution in [0.5, 0.6) is 0 Å². The van der Waals surface area contributed by atoms with Gasteiger partial charge in [0.1, 0.15) is 6.10 Å². The highest BCUT2D eigenvalue weighted by Gasteiger charge is 2.31. The van der Waals surface area contributed by atoms with E-state index in [0.717, 1.165) is 4.90 Å². The molecule has 1 aromatic rings. The molecule has 1 amide bonds. The quantitative estimate of drug-likeness (QED) is 0.778. The molecule has 1 fully saturated rings. The average Bonchev–Trinajstić information content (AvgIpc) is 2.39. The number of β-amino-alcohol motifs (C(OH)–C–C–N with tert-alkyl or cyclic N) is 1. The van der Waals surface area contributed by atoms with Gasteiger partial charge in [0.15, 0.2) is 0 Å². The SMILES string of the molecule is O=C(O[C@H]1C[C@@H](O)CN(C(=O)O)C1)c1ccccc1. The van der Waals surface area contributed by atoms with Gasteiger partial charge in [-0.1, -0.05) is 18.2 Å². The van der Waals surface area contributed by atoms with Crippen molar-refractivity contribution in [2.75, 3.05) is 13.1 Å². The lowest BCUT2D eigenvalue weighted by molar-refractivity contribution is -0.0253. The van der Waals surface area contributed by atoms with Crippen molar-refractivity contribution < 1.29 is 24.5 Å². The summed E-state index contributed by atoms with van der Waals surface area (Å²) in [5.74, 6) is -0.509. The fraction of sp³-hybridized carbons (Fsp3) is 0.385. The lowest BCUT2D eigenvalue weighted by Gasteiger charge is -2.33. The first-order valence-corrected chi connectivity index (χ1v) is 5.98. The average molecular weight is 265 g/mol. The first-order chi connectivity index (χ1) is 9.06. The number of amides is 1. The van der Waals surface area contributed by atoms with E-state index in [2.05, 4.69) is 0 Å². The van der Waals surface area contributed by atoms with E-state index >= 15 is 0 Å². The van der Waals surface area contributed by atoms with Crippen molar-refractivity contribution in [1.82, 2.24) is 4.90 Å². The van der Waals surface area contributed by atoms with Gasteiger partial charge in [-0.15, -0.1) is 0 Å². The molecule has 2 rings (SSSR count). The van der Waals surface area contributed by atoms with E-state index in [1.807, 2.05) is 0 Å². The minimum absolute atomic E-state index is 0.0503. The number of nitrogens with zero attached hydrogens (tertiary/aromatic N) is 1. The summed E-state index contributed by atoms with van der Waals surface area (Å²) in [5, 5.41) is 18.5. The molecule has 2 N–H and O–H groups in total. The number of rotatable bonds is 2. The molecule has 1 aromatic carbocycles. The third-order valence-corrected chi connectivity index (χ3v) is 2.94. The maximum atomic E-state index is 11.8. The number of piperidine rings is 1. The highest BCUT2D eigenvalue weighted by molar-refractivity contribution is 5.89. The number of aliphatic hydroxyl groups excluding tert-OH is 1. The minimum atomic E-state index is -1.13. The molecule has 1 heterocycles. The molecule has 1 aliphatic rings. The lowest BCUT2D eigenvalue weighted by atomic mass is 10.1. The summed E-state index contributed by atoms with van der Waals surface area (Å²) >= 11 is 0. The molecule has 1 aliphatic heterocycles. The molecule has 6 nitrogen and oxygen atoms in total. The molecule has 6 heteroatoms. The van der Waals surface area contributed by atoms with Crippen LogP contribution in [0.15, 0.2) is 30.3 Å². The summed E-state index contributed by atoms with van der Waals surface area (Å²) in [6.07, 6.45) is -2.30. The molecule has 0 aliphatic carbocycles. The first-order valence-electron chi connectivity index (χ1n) is 5.98. The Morgan fingerprint density at radius 1 is 1.21 bits per heavy atom. The van der Waals surface area contributed by atoms with Crippen molar-refractivity contribution in [3.63, 3.8) is 0 Å². The van der Waals surface area contributed by atoms with Crippen molar-refractivity contribution in [3.8, 4) is 0 Å². The fourth-order valence-corrected chi connectivity index (χ4v) is 2.06. The van der Waals surface area contributed by atoms with Crippen LogP contribution in [0.25, 0.3) is 0 Å². The molecular weight excluding hydrogens is 250 g/mol. The van der Waals surface area contributed by atoms with E-state index in [1.165, 1.54) is 0 Å². The van der Waals surface area contributed by atoms with Crippen LogP contribution in [-0.2, 0) is 4.74 Å². The Morgan fingerprint density at radius 3 is 2.53 bits per heavy atom. The summed E-state index contributed by atoms with van der Waals surface area (Å²) in [4.78, 5) is 23.8. The van der Waals surface area contributed by atoms with Gasteiger partial charge in [0, 0.05) is 6.42 Å². The maximum absolute atomic E-state index is 11.8. The third kappa shape index (κ3) is 3.45. The summed E-state index contributed by atoms with van der Waals surface area (Å²) in [7, 11) is 0. The van der Waals surface area contributed by atoms with Gasteiger partial charge in [0.2, 0.25) is 0 Å². The second kappa shape index (κ2) is 5.71. The van der Waals surface area contributed by atoms with Gasteiger partial charge in [-0.05, 0) is 12.1 Å². The first kappa shape index (κ1) is 13.4. The highest BCUT2D eigenvalue weighted by Crippen LogP contribution is 2.16. The molecule has 0 bridgehead atoms. The predicted octanol–water partition coefficient (Wildman–Crippen LogP) is 0.957. The van der Waals surface area contributed by atoms with E-state index in [-0.39, 0.29) is 19.5 Å². The Balaban J connectivity index is 1.98. The van der Waals surface area contributed by atoms with Gasteiger partial charge < -0.3 is 19.8 Å². The number of hydrogen-bond donors (Lipinski definition) is 2. The van der Waals surface area contributed by atoms with Gasteiger partial charge in [-0.25, -0.2) is 9.59 Å². The van der Waals surface area contributed by atoms with Gasteiger partial charge in [-0.3, -0.25) is 0 Å². The van der Waals surface area contributed by atoms with Crippen molar-refractivity contribution in [1.29, 1.82) is 0 Å². The predicted molar refractivity (Wildman–Crippen MR) is 65.9 cm³/mol. The van der Waals surface area contributed by atoms with E-state index < -0.39 is 24.3 Å². The van der Waals surface area contributed by atoms with Crippen LogP contribution in [0.3, 0.4) is 0 Å². The zero-order valence-corrected chi connectivity index (χ0v) is 10.2. The number of carbonyl (C=O) groups is 2. The Labute approximate surface area is 110 Å². The summed E-state index contributed by atoms with van der Waals surface area (Å²) in [5.41, 5.74) is 0.407. The fourth-order valence-electron chi connectivity index (χ4n) is 2.06. The molecule has 1 saturated heterocycles. The highest BCUT2D eigenvalue weighted by atomic mass is 16.5. The van der Waals surface area contributed by atoms with Crippen LogP contribution in [0.2, 0.25) is 0 Å². The van der Waals surface area contributed by atoms with Crippen molar-refractivity contribution >= 4 is 12.1 Å². The smallest absolute Gasteiger partial charge is 0.407 e. The second-order valence-corrected chi connectivity index (χ2v) is 4.47. The van der Waals surface area contributed by atoms with Crippen LogP contribution in [0.1, 0.15) is 16.8 Å². The lowest BCUT2D eigenvalue weighted by Crippen LogP contribution is -2.49. The van der Waals surface area contributed by atoms with E-state index in [1.54, 1.807) is 30.3 Å². The molecular formula is C13H15NO5. The number of carbonyl (C=O) groups excluding carboxylic acids is 1. The minimum Gasteiger partial charge on any atom is -0.465 e. The van der Waals surface area contributed by atoms with Crippen LogP contribution >= 0.6 is 0 Å². The Kier molecular flexibility index (Phi) is 4.01. The summed E-state index contributed by atoms with van der Waals surface area (Å²) < 4.78 is 5.22. The number of carboxylic acid groups (broad SMARTS) is 1. The normalized spacial score (nSPS) is 22.9. The third-order valence-electron chi connectivity index (χ3n) is 2.94. The molecule has 0 radical (unpaired) electrons. The standard InChI is InChI=1S/C13H15NO5/c15-10-6-11(8-14(7-10)13(17)18)19-12(16)9-4-2-1-3-5-9/h1-5,10-11,15H,6-8H2,(H,17,18)/t10-,11+/m1/s1. The summed E-state index contributed by atoms with van der Waals surface area (Å²) in [6.45, 7) is 0.139. The van der Waals surface area contributed by atoms with Gasteiger partial charge >= 0.3 is 12.1 Å². The van der Waals surface area contributed by atoms with Gasteiger partial charge in [-0.2, -0.15) is 0 Å². The molecule has 19 heavy (non-hydrogen) atoms. The van der Waals surface area contributed by atoms with Gasteiger partial charge in [0.05, 0.1) is 24.8 Å². The molecule has 0 unspecified atom stereocenters. The number of hydrogen-bond acceptors (Lipinski definition) is 4. The zero-order valence-electron chi connectivity index (χ0n) is 10.2. The number of benzene rings is 1. The molecule has 0 spiro atoms. The molecule has 0 aromatic heterocycles. The van der Waals surface area contributed by atoms with Crippen LogP contribution in [0.4, 0.5) is 4.79 Å². The summed E-state index contributed by atoms with van der Waals surface area (Å²) in [6, 6.07) is 8.46. The zero-order chi connectivity index (χ0) is 13.8. The Bertz CT molecular complexity index is 461. The number of aliphatic hydroxyl groups is 1. The van der Waals surface area contributed by atoms with Crippen molar-refractivity contribution in [3.05, 3.63) is 35.9 Å². The topological polar surface area (TPSA) is 87.1 Å². The Hall–Kier alpha value is -2.08. The van der Waals surface area contributed by atoms with Crippen LogP contribution in [0, 0.1) is 0 Å². The van der Waals surface area contributed by atoms with E-state index in [4.69, 9.17) is 9.84 Å². The largest absolute Gasteiger partial charge is 0.465 e.